The van der Waals surface area contributed by atoms with Gasteiger partial charge in [0.1, 0.15) is 11.9 Å². The Balaban J connectivity index is 1.24. The second kappa shape index (κ2) is 11.0. The average molecular weight is 521 g/mol. The summed E-state index contributed by atoms with van der Waals surface area (Å²) in [4.78, 5) is 12.8. The topological polar surface area (TPSA) is 35.5 Å². The highest BCUT2D eigenvalue weighted by Crippen LogP contribution is 2.67. The van der Waals surface area contributed by atoms with E-state index in [0.29, 0.717) is 11.0 Å². The molecule has 0 aliphatic heterocycles. The number of fused-ring (bicyclic) bond motifs is 5. The van der Waals surface area contributed by atoms with Gasteiger partial charge >= 0.3 is 5.97 Å². The van der Waals surface area contributed by atoms with E-state index in [0.717, 1.165) is 60.5 Å². The van der Waals surface area contributed by atoms with Crippen LogP contribution in [0.15, 0.2) is 35.9 Å². The van der Waals surface area contributed by atoms with Crippen LogP contribution in [0.2, 0.25) is 0 Å². The Labute approximate surface area is 232 Å². The quantitative estimate of drug-likeness (QED) is 0.253. The van der Waals surface area contributed by atoms with Crippen molar-refractivity contribution < 1.29 is 14.3 Å². The predicted molar refractivity (Wildman–Crippen MR) is 155 cm³/mol. The number of methoxy groups -OCH3 is 1. The monoisotopic (exact) mass is 520 g/mol. The molecule has 0 spiro atoms. The Kier molecular flexibility index (Phi) is 8.05. The maximum atomic E-state index is 12.8. The van der Waals surface area contributed by atoms with Crippen LogP contribution < -0.4 is 4.74 Å². The van der Waals surface area contributed by atoms with Gasteiger partial charge in [-0.05, 0) is 116 Å². The van der Waals surface area contributed by atoms with Gasteiger partial charge in [-0.25, -0.2) is 4.79 Å². The van der Waals surface area contributed by atoms with Crippen LogP contribution in [0.3, 0.4) is 0 Å². The molecular formula is C35H52O3. The number of benzene rings is 1. The Bertz CT molecular complexity index is 1010. The predicted octanol–water partition coefficient (Wildman–Crippen LogP) is 9.26. The number of hydrogen-bond donors (Lipinski definition) is 0. The SMILES string of the molecule is COc1ccc(C(=O)O[C@H]2CC[C@@]3(C)C(=CC[C@H]4[C@@H]5CC[C@H]([C@@H](C)CCCC(C)C)[C@@]5(C)CC[C@@H]43)C2)cc1. The van der Waals surface area contributed by atoms with Gasteiger partial charge in [0.15, 0.2) is 0 Å². The maximum Gasteiger partial charge on any atom is 0.338 e. The van der Waals surface area contributed by atoms with Gasteiger partial charge in [-0.15, -0.1) is 0 Å². The fourth-order valence-electron chi connectivity index (χ4n) is 9.70. The Hall–Kier alpha value is -1.77. The number of carbonyl (C=O) groups is 1. The molecule has 8 atom stereocenters. The van der Waals surface area contributed by atoms with Crippen LogP contribution in [0.25, 0.3) is 0 Å². The highest BCUT2D eigenvalue weighted by Gasteiger charge is 2.59. The molecule has 5 rings (SSSR count). The highest BCUT2D eigenvalue weighted by molar-refractivity contribution is 5.89. The minimum absolute atomic E-state index is 0.00289. The van der Waals surface area contributed by atoms with Gasteiger partial charge in [0.2, 0.25) is 0 Å². The first kappa shape index (κ1) is 27.8. The van der Waals surface area contributed by atoms with Crippen molar-refractivity contribution in [2.75, 3.05) is 7.11 Å². The lowest BCUT2D eigenvalue weighted by Gasteiger charge is -2.58. The number of carbonyl (C=O) groups excluding carboxylic acids is 1. The van der Waals surface area contributed by atoms with Crippen molar-refractivity contribution in [1.82, 2.24) is 0 Å². The molecule has 3 nitrogen and oxygen atoms in total. The van der Waals surface area contributed by atoms with Crippen LogP contribution in [-0.4, -0.2) is 19.2 Å². The molecule has 4 aliphatic rings. The largest absolute Gasteiger partial charge is 0.497 e. The Morgan fingerprint density at radius 1 is 0.974 bits per heavy atom. The summed E-state index contributed by atoms with van der Waals surface area (Å²) in [5.41, 5.74) is 3.01. The average Bonchev–Trinajstić information content (AvgIpc) is 3.26. The Morgan fingerprint density at radius 2 is 1.74 bits per heavy atom. The van der Waals surface area contributed by atoms with E-state index in [1.807, 2.05) is 12.1 Å². The minimum Gasteiger partial charge on any atom is -0.497 e. The van der Waals surface area contributed by atoms with E-state index in [-0.39, 0.29) is 17.5 Å². The number of allylic oxidation sites excluding steroid dienone is 1. The van der Waals surface area contributed by atoms with E-state index in [1.165, 1.54) is 51.4 Å². The van der Waals surface area contributed by atoms with Crippen LogP contribution in [0.5, 0.6) is 5.75 Å². The molecule has 0 bridgehead atoms. The van der Waals surface area contributed by atoms with E-state index in [9.17, 15) is 4.79 Å². The van der Waals surface area contributed by atoms with E-state index < -0.39 is 0 Å². The smallest absolute Gasteiger partial charge is 0.338 e. The summed E-state index contributed by atoms with van der Waals surface area (Å²) in [6, 6.07) is 7.26. The number of hydrogen-bond acceptors (Lipinski definition) is 3. The molecule has 1 aromatic carbocycles. The summed E-state index contributed by atoms with van der Waals surface area (Å²) in [6.45, 7) is 12.5. The molecule has 210 valence electrons. The van der Waals surface area contributed by atoms with Gasteiger partial charge in [-0.3, -0.25) is 0 Å². The van der Waals surface area contributed by atoms with Gasteiger partial charge in [0.25, 0.3) is 0 Å². The number of rotatable bonds is 8. The van der Waals surface area contributed by atoms with Crippen molar-refractivity contribution >= 4 is 5.97 Å². The summed E-state index contributed by atoms with van der Waals surface area (Å²) in [5, 5.41) is 0. The first-order valence-corrected chi connectivity index (χ1v) is 15.7. The third kappa shape index (κ3) is 5.08. The first-order valence-electron chi connectivity index (χ1n) is 15.7. The summed E-state index contributed by atoms with van der Waals surface area (Å²) in [7, 11) is 1.64. The molecule has 38 heavy (non-hydrogen) atoms. The molecule has 1 aromatic rings. The van der Waals surface area contributed by atoms with Crippen molar-refractivity contribution in [3.05, 3.63) is 41.5 Å². The van der Waals surface area contributed by atoms with E-state index >= 15 is 0 Å². The van der Waals surface area contributed by atoms with Crippen LogP contribution in [0.1, 0.15) is 116 Å². The molecule has 3 saturated carbocycles. The van der Waals surface area contributed by atoms with Crippen LogP contribution in [0, 0.1) is 46.3 Å². The van der Waals surface area contributed by atoms with Crippen LogP contribution in [-0.2, 0) is 4.74 Å². The molecule has 3 heteroatoms. The Morgan fingerprint density at radius 3 is 2.45 bits per heavy atom. The molecule has 0 aromatic heterocycles. The molecule has 4 aliphatic carbocycles. The van der Waals surface area contributed by atoms with Gasteiger partial charge in [0, 0.05) is 6.42 Å². The van der Waals surface area contributed by atoms with Crippen LogP contribution >= 0.6 is 0 Å². The number of esters is 1. The van der Waals surface area contributed by atoms with Crippen molar-refractivity contribution in [1.29, 1.82) is 0 Å². The minimum atomic E-state index is -0.205. The van der Waals surface area contributed by atoms with Gasteiger partial charge in [0.05, 0.1) is 12.7 Å². The maximum absolute atomic E-state index is 12.8. The fourth-order valence-corrected chi connectivity index (χ4v) is 9.70. The summed E-state index contributed by atoms with van der Waals surface area (Å²) in [6.07, 6.45) is 16.8. The van der Waals surface area contributed by atoms with Crippen molar-refractivity contribution in [2.24, 2.45) is 46.3 Å². The lowest BCUT2D eigenvalue weighted by Crippen LogP contribution is -2.51. The van der Waals surface area contributed by atoms with E-state index in [2.05, 4.69) is 40.7 Å². The van der Waals surface area contributed by atoms with Crippen molar-refractivity contribution in [2.45, 2.75) is 111 Å². The van der Waals surface area contributed by atoms with Crippen LogP contribution in [0.4, 0.5) is 0 Å². The number of ether oxygens (including phenoxy) is 2. The molecule has 0 saturated heterocycles. The van der Waals surface area contributed by atoms with Crippen molar-refractivity contribution in [3.8, 4) is 5.75 Å². The highest BCUT2D eigenvalue weighted by atomic mass is 16.5. The van der Waals surface area contributed by atoms with Gasteiger partial charge in [-0.2, -0.15) is 0 Å². The molecule has 0 N–H and O–H groups in total. The molecule has 3 fully saturated rings. The lowest BCUT2D eigenvalue weighted by molar-refractivity contribution is -0.0594. The first-order chi connectivity index (χ1) is 18.2. The molecule has 0 amide bonds. The zero-order valence-corrected chi connectivity index (χ0v) is 24.9. The molecular weight excluding hydrogens is 468 g/mol. The van der Waals surface area contributed by atoms with E-state index in [1.54, 1.807) is 24.8 Å². The van der Waals surface area contributed by atoms with E-state index in [4.69, 9.17) is 9.47 Å². The van der Waals surface area contributed by atoms with Gasteiger partial charge < -0.3 is 9.47 Å². The van der Waals surface area contributed by atoms with Crippen molar-refractivity contribution in [3.63, 3.8) is 0 Å². The van der Waals surface area contributed by atoms with Gasteiger partial charge in [-0.1, -0.05) is 65.5 Å². The zero-order valence-electron chi connectivity index (χ0n) is 24.9. The molecule has 0 unspecified atom stereocenters. The molecule has 0 radical (unpaired) electrons. The molecule has 0 heterocycles. The second-order valence-electron chi connectivity index (χ2n) is 14.3. The third-order valence-electron chi connectivity index (χ3n) is 11.9. The summed E-state index contributed by atoms with van der Waals surface area (Å²) in [5.74, 6) is 5.68. The second-order valence-corrected chi connectivity index (χ2v) is 14.3. The fraction of sp³-hybridized carbons (Fsp3) is 0.743. The standard InChI is InChI=1S/C35H52O3/c1-23(2)8-7-9-24(3)30-16-17-31-29-15-12-26-22-28(38-33(36)25-10-13-27(37-6)14-11-25)18-20-34(26,4)32(29)19-21-35(30,31)5/h10-14,23-24,28-32H,7-9,15-22H2,1-6H3/t24-,28-,29-,30+,31-,32-,34-,35+/m0/s1. The normalized spacial score (nSPS) is 37.0. The lowest BCUT2D eigenvalue weighted by atomic mass is 9.47. The summed E-state index contributed by atoms with van der Waals surface area (Å²) < 4.78 is 11.3. The zero-order chi connectivity index (χ0) is 27.1. The third-order valence-corrected chi connectivity index (χ3v) is 11.9. The summed E-state index contributed by atoms with van der Waals surface area (Å²) >= 11 is 0.